The molecule has 48 heavy (non-hydrogen) atoms. The molecule has 0 saturated heterocycles. The zero-order valence-electron chi connectivity index (χ0n) is 26.9. The van der Waals surface area contributed by atoms with Gasteiger partial charge in [-0.25, -0.2) is 8.42 Å². The fourth-order valence-corrected chi connectivity index (χ4v) is 6.81. The molecule has 0 aliphatic heterocycles. The number of halogens is 3. The second kappa shape index (κ2) is 17.1. The molecular formula is C36H38Cl3N3O5S. The first-order chi connectivity index (χ1) is 22.9. The van der Waals surface area contributed by atoms with Crippen molar-refractivity contribution in [1.82, 2.24) is 10.2 Å². The van der Waals surface area contributed by atoms with E-state index in [1.807, 2.05) is 51.1 Å². The van der Waals surface area contributed by atoms with Gasteiger partial charge in [-0.15, -0.1) is 0 Å². The molecule has 1 atom stereocenters. The van der Waals surface area contributed by atoms with Gasteiger partial charge in [-0.1, -0.05) is 85.0 Å². The van der Waals surface area contributed by atoms with Gasteiger partial charge in [-0.3, -0.25) is 13.9 Å². The Hall–Kier alpha value is -3.76. The van der Waals surface area contributed by atoms with E-state index in [4.69, 9.17) is 39.5 Å². The molecule has 4 aromatic rings. The van der Waals surface area contributed by atoms with Crippen LogP contribution in [0, 0.1) is 5.92 Å². The van der Waals surface area contributed by atoms with E-state index in [1.165, 1.54) is 29.2 Å². The highest BCUT2D eigenvalue weighted by atomic mass is 35.5. The number of carbonyl (C=O) groups excluding carboxylic acids is 2. The summed E-state index contributed by atoms with van der Waals surface area (Å²) in [4.78, 5) is 29.8. The molecule has 0 radical (unpaired) electrons. The Balaban J connectivity index is 1.81. The molecule has 0 aliphatic carbocycles. The van der Waals surface area contributed by atoms with Crippen molar-refractivity contribution in [1.29, 1.82) is 0 Å². The predicted molar refractivity (Wildman–Crippen MR) is 192 cm³/mol. The number of hydrogen-bond donors (Lipinski definition) is 1. The average Bonchev–Trinajstić information content (AvgIpc) is 3.06. The molecule has 0 saturated carbocycles. The maximum absolute atomic E-state index is 14.6. The SMILES string of the molecule is CCOc1ccc(N(CC(=O)N(Cc2ccc(Cl)c(Cl)c2)C(Cc2ccccc2)C(=O)NCC(C)C)S(=O)(=O)c2ccc(Cl)cc2)cc1. The molecule has 2 amide bonds. The number of amides is 2. The Labute approximate surface area is 297 Å². The van der Waals surface area contributed by atoms with Crippen LogP contribution in [-0.2, 0) is 32.6 Å². The molecule has 1 unspecified atom stereocenters. The normalized spacial score (nSPS) is 12.0. The van der Waals surface area contributed by atoms with E-state index in [0.29, 0.717) is 34.5 Å². The van der Waals surface area contributed by atoms with Gasteiger partial charge in [0.1, 0.15) is 18.3 Å². The Morgan fingerprint density at radius 3 is 2.10 bits per heavy atom. The van der Waals surface area contributed by atoms with Crippen molar-refractivity contribution in [3.05, 3.63) is 123 Å². The van der Waals surface area contributed by atoms with Gasteiger partial charge in [0.25, 0.3) is 10.0 Å². The molecule has 8 nitrogen and oxygen atoms in total. The standard InChI is InChI=1S/C36H38Cl3N3O5S/c1-4-47-30-15-13-29(14-16-30)42(48(45,46)31-17-11-28(37)12-18-31)24-35(43)41(23-27-10-19-32(38)33(39)20-27)34(36(44)40-22-25(2)3)21-26-8-6-5-7-9-26/h5-20,25,34H,4,21-24H2,1-3H3,(H,40,44). The largest absolute Gasteiger partial charge is 0.494 e. The zero-order chi connectivity index (χ0) is 34.8. The molecule has 4 aromatic carbocycles. The summed E-state index contributed by atoms with van der Waals surface area (Å²) in [6.45, 7) is 5.96. The number of nitrogens with one attached hydrogen (secondary N) is 1. The molecule has 0 fully saturated rings. The van der Waals surface area contributed by atoms with Crippen LogP contribution in [0.2, 0.25) is 15.1 Å². The van der Waals surface area contributed by atoms with Crippen molar-refractivity contribution >= 4 is 62.3 Å². The highest BCUT2D eigenvalue weighted by Crippen LogP contribution is 2.29. The first kappa shape index (κ1) is 37.1. The van der Waals surface area contributed by atoms with Gasteiger partial charge in [0, 0.05) is 24.5 Å². The fraction of sp³-hybridized carbons (Fsp3) is 0.278. The van der Waals surface area contributed by atoms with Crippen LogP contribution in [0.25, 0.3) is 0 Å². The minimum Gasteiger partial charge on any atom is -0.494 e. The van der Waals surface area contributed by atoms with Gasteiger partial charge >= 0.3 is 0 Å². The third-order valence-electron chi connectivity index (χ3n) is 7.41. The summed E-state index contributed by atoms with van der Waals surface area (Å²) < 4.78 is 35.0. The first-order valence-corrected chi connectivity index (χ1v) is 18.0. The van der Waals surface area contributed by atoms with Crippen molar-refractivity contribution in [2.75, 3.05) is 24.0 Å². The number of rotatable bonds is 15. The van der Waals surface area contributed by atoms with Crippen LogP contribution in [-0.4, -0.2) is 50.9 Å². The first-order valence-electron chi connectivity index (χ1n) is 15.4. The lowest BCUT2D eigenvalue weighted by molar-refractivity contribution is -0.140. The maximum Gasteiger partial charge on any atom is 0.264 e. The summed E-state index contributed by atoms with van der Waals surface area (Å²) in [5.41, 5.74) is 1.67. The molecule has 0 spiro atoms. The van der Waals surface area contributed by atoms with E-state index in [2.05, 4.69) is 5.32 Å². The van der Waals surface area contributed by atoms with Crippen molar-refractivity contribution in [3.63, 3.8) is 0 Å². The van der Waals surface area contributed by atoms with Crippen LogP contribution in [0.5, 0.6) is 5.75 Å². The molecule has 0 aromatic heterocycles. The molecule has 0 aliphatic rings. The number of anilines is 1. The fourth-order valence-electron chi connectivity index (χ4n) is 4.95. The van der Waals surface area contributed by atoms with Crippen LogP contribution in [0.15, 0.2) is 102 Å². The quantitative estimate of drug-likeness (QED) is 0.136. The van der Waals surface area contributed by atoms with Crippen molar-refractivity contribution < 1.29 is 22.7 Å². The van der Waals surface area contributed by atoms with Crippen LogP contribution in [0.1, 0.15) is 31.9 Å². The van der Waals surface area contributed by atoms with Gasteiger partial charge in [-0.2, -0.15) is 0 Å². The summed E-state index contributed by atoms with van der Waals surface area (Å²) >= 11 is 18.6. The topological polar surface area (TPSA) is 96.0 Å². The molecule has 1 N–H and O–H groups in total. The number of ether oxygens (including phenoxy) is 1. The lowest BCUT2D eigenvalue weighted by Crippen LogP contribution is -2.53. The van der Waals surface area contributed by atoms with Crippen molar-refractivity contribution in [2.24, 2.45) is 5.92 Å². The summed E-state index contributed by atoms with van der Waals surface area (Å²) in [6.07, 6.45) is 0.185. The minimum absolute atomic E-state index is 0.0412. The lowest BCUT2D eigenvalue weighted by Gasteiger charge is -2.34. The number of nitrogens with zero attached hydrogens (tertiary/aromatic N) is 2. The summed E-state index contributed by atoms with van der Waals surface area (Å²) in [5.74, 6) is -0.269. The zero-order valence-corrected chi connectivity index (χ0v) is 30.0. The highest BCUT2D eigenvalue weighted by Gasteiger charge is 2.35. The average molecular weight is 731 g/mol. The molecule has 12 heteroatoms. The van der Waals surface area contributed by atoms with E-state index in [9.17, 15) is 18.0 Å². The van der Waals surface area contributed by atoms with E-state index >= 15 is 0 Å². The Morgan fingerprint density at radius 2 is 1.50 bits per heavy atom. The van der Waals surface area contributed by atoms with Gasteiger partial charge in [0.05, 0.1) is 27.2 Å². The minimum atomic E-state index is -4.29. The predicted octanol–water partition coefficient (Wildman–Crippen LogP) is 7.65. The molecule has 254 valence electrons. The van der Waals surface area contributed by atoms with Gasteiger partial charge in [0.15, 0.2) is 0 Å². The van der Waals surface area contributed by atoms with Crippen LogP contribution in [0.4, 0.5) is 5.69 Å². The lowest BCUT2D eigenvalue weighted by atomic mass is 10.0. The molecule has 4 rings (SSSR count). The Morgan fingerprint density at radius 1 is 0.833 bits per heavy atom. The van der Waals surface area contributed by atoms with Crippen molar-refractivity contribution in [3.8, 4) is 5.75 Å². The van der Waals surface area contributed by atoms with Gasteiger partial charge in [-0.05, 0) is 84.6 Å². The number of hydrogen-bond acceptors (Lipinski definition) is 5. The third-order valence-corrected chi connectivity index (χ3v) is 10.2. The molecular weight excluding hydrogens is 693 g/mol. The second-order valence-corrected chi connectivity index (χ2v) is 14.6. The summed E-state index contributed by atoms with van der Waals surface area (Å²) in [5, 5.41) is 3.95. The van der Waals surface area contributed by atoms with E-state index < -0.39 is 28.5 Å². The third kappa shape index (κ3) is 9.89. The Kier molecular flexibility index (Phi) is 13.2. The smallest absolute Gasteiger partial charge is 0.264 e. The summed E-state index contributed by atoms with van der Waals surface area (Å²) in [6, 6.07) is 25.4. The maximum atomic E-state index is 14.6. The van der Waals surface area contributed by atoms with E-state index in [-0.39, 0.29) is 40.4 Å². The van der Waals surface area contributed by atoms with Gasteiger partial charge in [0.2, 0.25) is 11.8 Å². The van der Waals surface area contributed by atoms with Crippen molar-refractivity contribution in [2.45, 2.75) is 44.7 Å². The van der Waals surface area contributed by atoms with Gasteiger partial charge < -0.3 is 15.0 Å². The highest BCUT2D eigenvalue weighted by molar-refractivity contribution is 7.92. The number of benzene rings is 4. The van der Waals surface area contributed by atoms with E-state index in [0.717, 1.165) is 9.87 Å². The number of carbonyl (C=O) groups is 2. The summed E-state index contributed by atoms with van der Waals surface area (Å²) in [7, 11) is -4.29. The Bertz CT molecular complexity index is 1790. The molecule has 0 bridgehead atoms. The molecule has 0 heterocycles. The van der Waals surface area contributed by atoms with Crippen LogP contribution in [0.3, 0.4) is 0 Å². The van der Waals surface area contributed by atoms with Crippen LogP contribution < -0.4 is 14.4 Å². The number of sulfonamides is 1. The second-order valence-electron chi connectivity index (χ2n) is 11.5. The van der Waals surface area contributed by atoms with E-state index in [1.54, 1.807) is 42.5 Å². The monoisotopic (exact) mass is 729 g/mol. The van der Waals surface area contributed by atoms with Crippen LogP contribution >= 0.6 is 34.8 Å².